The van der Waals surface area contributed by atoms with Crippen molar-refractivity contribution in [2.45, 2.75) is 31.6 Å². The molecule has 7 aromatic carbocycles. The van der Waals surface area contributed by atoms with Crippen molar-refractivity contribution in [1.82, 2.24) is 10.6 Å². The Kier molecular flexibility index (Phi) is 7.03. The fourth-order valence-corrected chi connectivity index (χ4v) is 7.80. The zero-order valence-electron chi connectivity index (χ0n) is 27.7. The van der Waals surface area contributed by atoms with E-state index in [9.17, 15) is 0 Å². The minimum Gasteiger partial charge on any atom is -0.350 e. The number of nitrogens with zero attached hydrogens (tertiary/aromatic N) is 1. The van der Waals surface area contributed by atoms with Crippen LogP contribution in [0.25, 0.3) is 44.2 Å². The average Bonchev–Trinajstić information content (AvgIpc) is 3.39. The second-order valence-corrected chi connectivity index (χ2v) is 13.7. The molecule has 1 aliphatic heterocycles. The molecule has 2 unspecified atom stereocenters. The Balaban J connectivity index is 1.23. The summed E-state index contributed by atoms with van der Waals surface area (Å²) in [5.74, 6) is 0.885. The molecule has 0 saturated carbocycles. The van der Waals surface area contributed by atoms with E-state index in [1.807, 2.05) is 0 Å². The Bertz CT molecular complexity index is 2340. The van der Waals surface area contributed by atoms with Crippen LogP contribution in [0.4, 0.5) is 0 Å². The molecular weight excluding hydrogens is 595 g/mol. The van der Waals surface area contributed by atoms with Gasteiger partial charge in [-0.3, -0.25) is 5.32 Å². The Morgan fingerprint density at radius 1 is 0.531 bits per heavy atom. The molecule has 2 aliphatic rings. The zero-order chi connectivity index (χ0) is 33.0. The maximum atomic E-state index is 5.51. The SMILES string of the molecule is CC1(C)c2cc(-c3ccccc3)ccc2-c2c1cc1ccccc1c2C1N=C(c2ccc(-c3ccccc3)cc2)NC(c2ccccc2)N1. The molecule has 1 heterocycles. The van der Waals surface area contributed by atoms with Crippen molar-refractivity contribution in [2.24, 2.45) is 4.99 Å². The lowest BCUT2D eigenvalue weighted by Crippen LogP contribution is -2.45. The van der Waals surface area contributed by atoms with E-state index in [2.05, 4.69) is 188 Å². The van der Waals surface area contributed by atoms with Crippen molar-refractivity contribution < 1.29 is 0 Å². The summed E-state index contributed by atoms with van der Waals surface area (Å²) in [6.45, 7) is 4.74. The van der Waals surface area contributed by atoms with Crippen LogP contribution in [0.15, 0.2) is 169 Å². The predicted molar refractivity (Wildman–Crippen MR) is 204 cm³/mol. The number of hydrogen-bond acceptors (Lipinski definition) is 3. The molecule has 2 atom stereocenters. The van der Waals surface area contributed by atoms with E-state index in [1.165, 1.54) is 66.4 Å². The van der Waals surface area contributed by atoms with Gasteiger partial charge in [0.05, 0.1) is 0 Å². The van der Waals surface area contributed by atoms with Crippen LogP contribution in [0, 0.1) is 0 Å². The molecule has 9 rings (SSSR count). The third-order valence-corrected chi connectivity index (χ3v) is 10.4. The standard InChI is InChI=1S/C46H37N3/c1-46(2)39-28-35(31-16-8-4-9-17-31)26-27-38(39)41-40(46)29-36-20-12-13-21-37(36)42(41)45-48-43(33-18-10-5-11-19-33)47-44(49-45)34-24-22-32(23-25-34)30-14-6-3-7-15-30/h3-29,43,45,48H,1-2H3,(H,47,49). The first-order valence-electron chi connectivity index (χ1n) is 17.1. The lowest BCUT2D eigenvalue weighted by molar-refractivity contribution is 0.411. The van der Waals surface area contributed by atoms with Gasteiger partial charge in [0.15, 0.2) is 0 Å². The normalized spacial score (nSPS) is 17.6. The molecular formula is C46H37N3. The Hall–Kier alpha value is -5.77. The van der Waals surface area contributed by atoms with Crippen LogP contribution >= 0.6 is 0 Å². The van der Waals surface area contributed by atoms with Crippen LogP contribution in [-0.4, -0.2) is 5.84 Å². The van der Waals surface area contributed by atoms with E-state index in [0.717, 1.165) is 11.4 Å². The second-order valence-electron chi connectivity index (χ2n) is 13.7. The summed E-state index contributed by atoms with van der Waals surface area (Å²) < 4.78 is 0. The van der Waals surface area contributed by atoms with Gasteiger partial charge in [-0.15, -0.1) is 0 Å². The second kappa shape index (κ2) is 11.7. The molecule has 3 nitrogen and oxygen atoms in total. The smallest absolute Gasteiger partial charge is 0.131 e. The molecule has 0 radical (unpaired) electrons. The molecule has 3 heteroatoms. The van der Waals surface area contributed by atoms with Gasteiger partial charge in [0, 0.05) is 16.5 Å². The van der Waals surface area contributed by atoms with Gasteiger partial charge in [0.2, 0.25) is 0 Å². The maximum Gasteiger partial charge on any atom is 0.131 e. The molecule has 49 heavy (non-hydrogen) atoms. The van der Waals surface area contributed by atoms with Crippen LogP contribution < -0.4 is 10.6 Å². The summed E-state index contributed by atoms with van der Waals surface area (Å²) in [6.07, 6.45) is -0.415. The van der Waals surface area contributed by atoms with Crippen molar-refractivity contribution in [1.29, 1.82) is 0 Å². The number of amidine groups is 1. The van der Waals surface area contributed by atoms with Gasteiger partial charge in [-0.1, -0.05) is 166 Å². The molecule has 0 aromatic heterocycles. The first kappa shape index (κ1) is 29.4. The van der Waals surface area contributed by atoms with Crippen molar-refractivity contribution in [3.8, 4) is 33.4 Å². The molecule has 2 N–H and O–H groups in total. The van der Waals surface area contributed by atoms with E-state index in [1.54, 1.807) is 0 Å². The van der Waals surface area contributed by atoms with Crippen LogP contribution in [-0.2, 0) is 5.41 Å². The van der Waals surface area contributed by atoms with Gasteiger partial charge in [-0.05, 0) is 73.0 Å². The maximum absolute atomic E-state index is 5.51. The minimum atomic E-state index is -0.286. The lowest BCUT2D eigenvalue weighted by Gasteiger charge is -2.34. The molecule has 236 valence electrons. The summed E-state index contributed by atoms with van der Waals surface area (Å²) in [7, 11) is 0. The Labute approximate surface area is 288 Å². The monoisotopic (exact) mass is 631 g/mol. The third kappa shape index (κ3) is 5.06. The highest BCUT2D eigenvalue weighted by atomic mass is 15.3. The molecule has 1 aliphatic carbocycles. The summed E-state index contributed by atoms with van der Waals surface area (Å²) in [6, 6.07) is 58.9. The zero-order valence-corrected chi connectivity index (χ0v) is 27.7. The van der Waals surface area contributed by atoms with Gasteiger partial charge in [0.1, 0.15) is 18.2 Å². The third-order valence-electron chi connectivity index (χ3n) is 10.4. The molecule has 0 fully saturated rings. The molecule has 0 amide bonds. The minimum absolute atomic E-state index is 0.128. The van der Waals surface area contributed by atoms with E-state index in [0.29, 0.717) is 0 Å². The topological polar surface area (TPSA) is 36.4 Å². The van der Waals surface area contributed by atoms with Crippen molar-refractivity contribution in [3.63, 3.8) is 0 Å². The summed E-state index contributed by atoms with van der Waals surface area (Å²) >= 11 is 0. The molecule has 0 saturated heterocycles. The number of aliphatic imine (C=N–C) groups is 1. The van der Waals surface area contributed by atoms with Crippen molar-refractivity contribution in [2.75, 3.05) is 0 Å². The molecule has 0 spiro atoms. The van der Waals surface area contributed by atoms with Crippen LogP contribution in [0.2, 0.25) is 0 Å². The Morgan fingerprint density at radius 3 is 1.82 bits per heavy atom. The average molecular weight is 632 g/mol. The van der Waals surface area contributed by atoms with Crippen LogP contribution in [0.3, 0.4) is 0 Å². The largest absolute Gasteiger partial charge is 0.350 e. The van der Waals surface area contributed by atoms with Gasteiger partial charge in [0.25, 0.3) is 0 Å². The van der Waals surface area contributed by atoms with E-state index in [4.69, 9.17) is 4.99 Å². The first-order valence-corrected chi connectivity index (χ1v) is 17.1. The number of benzene rings is 7. The summed E-state index contributed by atoms with van der Waals surface area (Å²) in [5.41, 5.74) is 13.5. The van der Waals surface area contributed by atoms with E-state index in [-0.39, 0.29) is 17.7 Å². The number of fused-ring (bicyclic) bond motifs is 4. The molecule has 0 bridgehead atoms. The van der Waals surface area contributed by atoms with Gasteiger partial charge in [-0.25, -0.2) is 4.99 Å². The fourth-order valence-electron chi connectivity index (χ4n) is 7.80. The van der Waals surface area contributed by atoms with Gasteiger partial charge < -0.3 is 5.32 Å². The highest BCUT2D eigenvalue weighted by molar-refractivity contribution is 6.02. The predicted octanol–water partition coefficient (Wildman–Crippen LogP) is 10.8. The van der Waals surface area contributed by atoms with Crippen molar-refractivity contribution in [3.05, 3.63) is 192 Å². The quantitative estimate of drug-likeness (QED) is 0.198. The number of rotatable bonds is 5. The van der Waals surface area contributed by atoms with E-state index < -0.39 is 0 Å². The van der Waals surface area contributed by atoms with Crippen molar-refractivity contribution >= 4 is 16.6 Å². The highest BCUT2D eigenvalue weighted by Crippen LogP contribution is 2.54. The number of hydrogen-bond donors (Lipinski definition) is 2. The molecule has 7 aromatic rings. The number of nitrogens with one attached hydrogen (secondary N) is 2. The lowest BCUT2D eigenvalue weighted by atomic mass is 9.80. The van der Waals surface area contributed by atoms with Crippen LogP contribution in [0.1, 0.15) is 54.0 Å². The highest BCUT2D eigenvalue weighted by Gasteiger charge is 2.40. The first-order chi connectivity index (χ1) is 24.0. The Morgan fingerprint density at radius 2 is 1.10 bits per heavy atom. The van der Waals surface area contributed by atoms with E-state index >= 15 is 0 Å². The van der Waals surface area contributed by atoms with Gasteiger partial charge in [-0.2, -0.15) is 0 Å². The van der Waals surface area contributed by atoms with Crippen LogP contribution in [0.5, 0.6) is 0 Å². The summed E-state index contributed by atoms with van der Waals surface area (Å²) in [5, 5.41) is 10.2. The van der Waals surface area contributed by atoms with Gasteiger partial charge >= 0.3 is 0 Å². The summed E-state index contributed by atoms with van der Waals surface area (Å²) in [4.78, 5) is 5.51. The fraction of sp³-hybridized carbons (Fsp3) is 0.109.